The van der Waals surface area contributed by atoms with Crippen LogP contribution in [0.1, 0.15) is 41.1 Å². The van der Waals surface area contributed by atoms with Crippen molar-refractivity contribution in [1.29, 1.82) is 0 Å². The lowest BCUT2D eigenvalue weighted by atomic mass is 10.1. The number of benzene rings is 2. The Bertz CT molecular complexity index is 1260. The zero-order chi connectivity index (χ0) is 22.2. The van der Waals surface area contributed by atoms with Crippen molar-refractivity contribution in [2.24, 2.45) is 0 Å². The van der Waals surface area contributed by atoms with Crippen molar-refractivity contribution in [1.82, 2.24) is 0 Å². The van der Waals surface area contributed by atoms with Crippen LogP contribution in [0.25, 0.3) is 11.0 Å². The van der Waals surface area contributed by atoms with E-state index >= 15 is 0 Å². The molecule has 8 heteroatoms. The molecule has 7 nitrogen and oxygen atoms in total. The highest BCUT2D eigenvalue weighted by Gasteiger charge is 2.31. The number of amides is 1. The Labute approximate surface area is 175 Å². The van der Waals surface area contributed by atoms with E-state index in [9.17, 15) is 18.0 Å². The fourth-order valence-electron chi connectivity index (χ4n) is 3.47. The van der Waals surface area contributed by atoms with Crippen LogP contribution in [0.4, 0.5) is 5.69 Å². The monoisotopic (exact) mass is 429 g/mol. The minimum Gasteiger partial charge on any atom is -0.462 e. The summed E-state index contributed by atoms with van der Waals surface area (Å²) in [7, 11) is -4.17. The van der Waals surface area contributed by atoms with Gasteiger partial charge in [-0.05, 0) is 57.5 Å². The van der Waals surface area contributed by atoms with Crippen LogP contribution >= 0.6 is 0 Å². The van der Waals surface area contributed by atoms with Gasteiger partial charge in [0.2, 0.25) is 5.91 Å². The predicted octanol–water partition coefficient (Wildman–Crippen LogP) is 4.28. The van der Waals surface area contributed by atoms with Crippen LogP contribution < -0.4 is 4.31 Å². The molecule has 0 atom stereocenters. The zero-order valence-corrected chi connectivity index (χ0v) is 18.3. The van der Waals surface area contributed by atoms with E-state index in [0.29, 0.717) is 22.3 Å². The highest BCUT2D eigenvalue weighted by molar-refractivity contribution is 7.93. The van der Waals surface area contributed by atoms with Crippen LogP contribution in [0.15, 0.2) is 45.7 Å². The number of anilines is 1. The van der Waals surface area contributed by atoms with E-state index in [-0.39, 0.29) is 22.8 Å². The molecular formula is C22H23NO6S. The lowest BCUT2D eigenvalue weighted by molar-refractivity contribution is -0.115. The third kappa shape index (κ3) is 3.70. The highest BCUT2D eigenvalue weighted by Crippen LogP contribution is 2.33. The molecule has 0 spiro atoms. The second-order valence-electron chi connectivity index (χ2n) is 6.99. The number of carbonyl (C=O) groups is 2. The first-order valence-electron chi connectivity index (χ1n) is 9.41. The maximum Gasteiger partial charge on any atom is 0.342 e. The molecule has 30 heavy (non-hydrogen) atoms. The lowest BCUT2D eigenvalue weighted by Crippen LogP contribution is -2.35. The molecule has 0 aliphatic heterocycles. The van der Waals surface area contributed by atoms with Crippen LogP contribution in [0.2, 0.25) is 0 Å². The topological polar surface area (TPSA) is 93.9 Å². The average Bonchev–Trinajstić information content (AvgIpc) is 2.96. The normalized spacial score (nSPS) is 11.5. The van der Waals surface area contributed by atoms with E-state index in [1.165, 1.54) is 31.2 Å². The quantitative estimate of drug-likeness (QED) is 0.562. The first-order valence-corrected chi connectivity index (χ1v) is 10.8. The number of esters is 1. The number of carbonyl (C=O) groups excluding carboxylic acids is 2. The molecule has 0 fully saturated rings. The van der Waals surface area contributed by atoms with Gasteiger partial charge < -0.3 is 9.15 Å². The van der Waals surface area contributed by atoms with Gasteiger partial charge >= 0.3 is 5.97 Å². The van der Waals surface area contributed by atoms with Gasteiger partial charge in [0.05, 0.1) is 17.2 Å². The van der Waals surface area contributed by atoms with Crippen molar-refractivity contribution in [2.45, 2.75) is 39.5 Å². The smallest absolute Gasteiger partial charge is 0.342 e. The van der Waals surface area contributed by atoms with Gasteiger partial charge in [0.15, 0.2) is 0 Å². The number of nitrogens with zero attached hydrogens (tertiary/aromatic N) is 1. The van der Waals surface area contributed by atoms with Crippen molar-refractivity contribution < 1.29 is 27.2 Å². The number of hydrogen-bond donors (Lipinski definition) is 0. The number of ether oxygens (including phenoxy) is 1. The first-order chi connectivity index (χ1) is 14.1. The Morgan fingerprint density at radius 1 is 1.07 bits per heavy atom. The van der Waals surface area contributed by atoms with Crippen molar-refractivity contribution in [2.75, 3.05) is 10.9 Å². The van der Waals surface area contributed by atoms with Gasteiger partial charge in [0.1, 0.15) is 16.9 Å². The Balaban J connectivity index is 2.20. The fourth-order valence-corrected chi connectivity index (χ4v) is 5.10. The Kier molecular flexibility index (Phi) is 5.72. The summed E-state index contributed by atoms with van der Waals surface area (Å²) in [6, 6.07) is 9.38. The maximum atomic E-state index is 13.4. The zero-order valence-electron chi connectivity index (χ0n) is 17.5. The summed E-state index contributed by atoms with van der Waals surface area (Å²) in [5, 5.41) is 0.380. The number of sulfonamides is 1. The first kappa shape index (κ1) is 21.6. The number of fused-ring (bicyclic) bond motifs is 1. The van der Waals surface area contributed by atoms with Crippen LogP contribution in [-0.4, -0.2) is 26.9 Å². The van der Waals surface area contributed by atoms with Crippen LogP contribution in [0, 0.1) is 20.8 Å². The van der Waals surface area contributed by atoms with Crippen molar-refractivity contribution in [3.63, 3.8) is 0 Å². The SMILES string of the molecule is CCOC(=O)c1c(C)oc2ccc(N(C(C)=O)S(=O)(=O)c3ccc(C)cc3C)cc12. The van der Waals surface area contributed by atoms with Gasteiger partial charge in [-0.15, -0.1) is 0 Å². The molecule has 0 N–H and O–H groups in total. The average molecular weight is 429 g/mol. The number of aryl methyl sites for hydroxylation is 3. The molecule has 0 unspecified atom stereocenters. The molecule has 0 radical (unpaired) electrons. The minimum atomic E-state index is -4.17. The van der Waals surface area contributed by atoms with Crippen LogP contribution in [0.5, 0.6) is 0 Å². The highest BCUT2D eigenvalue weighted by atomic mass is 32.2. The molecule has 1 heterocycles. The van der Waals surface area contributed by atoms with E-state index in [1.807, 2.05) is 6.92 Å². The van der Waals surface area contributed by atoms with E-state index in [1.54, 1.807) is 32.9 Å². The number of furan rings is 1. The molecule has 0 aliphatic carbocycles. The summed E-state index contributed by atoms with van der Waals surface area (Å²) in [6.07, 6.45) is 0. The van der Waals surface area contributed by atoms with Gasteiger partial charge in [0.25, 0.3) is 10.0 Å². The van der Waals surface area contributed by atoms with Crippen LogP contribution in [0.3, 0.4) is 0 Å². The molecule has 3 aromatic rings. The summed E-state index contributed by atoms with van der Waals surface area (Å²) in [5.41, 5.74) is 2.16. The fraction of sp³-hybridized carbons (Fsp3) is 0.273. The number of rotatable bonds is 5. The molecule has 0 saturated carbocycles. The third-order valence-corrected chi connectivity index (χ3v) is 6.66. The summed E-state index contributed by atoms with van der Waals surface area (Å²) in [5.74, 6) is -0.892. The molecular weight excluding hydrogens is 406 g/mol. The largest absolute Gasteiger partial charge is 0.462 e. The summed E-state index contributed by atoms with van der Waals surface area (Å²) < 4.78 is 38.2. The molecule has 158 valence electrons. The third-order valence-electron chi connectivity index (χ3n) is 4.70. The second-order valence-corrected chi connectivity index (χ2v) is 8.75. The summed E-state index contributed by atoms with van der Waals surface area (Å²) in [4.78, 5) is 24.8. The summed E-state index contributed by atoms with van der Waals surface area (Å²) >= 11 is 0. The molecule has 0 aliphatic rings. The van der Waals surface area contributed by atoms with Gasteiger partial charge in [-0.25, -0.2) is 17.5 Å². The molecule has 0 saturated heterocycles. The van der Waals surface area contributed by atoms with Crippen molar-refractivity contribution in [3.8, 4) is 0 Å². The Hall–Kier alpha value is -3.13. The molecule has 3 rings (SSSR count). The lowest BCUT2D eigenvalue weighted by Gasteiger charge is -2.22. The standard InChI is InChI=1S/C22H23NO6S/c1-6-28-22(25)21-15(4)29-19-9-8-17(12-18(19)21)23(16(5)24)30(26,27)20-10-7-13(2)11-14(20)3/h7-12H,6H2,1-5H3. The molecule has 0 bridgehead atoms. The van der Waals surface area contributed by atoms with E-state index in [2.05, 4.69) is 0 Å². The van der Waals surface area contributed by atoms with Gasteiger partial charge in [0, 0.05) is 12.3 Å². The van der Waals surface area contributed by atoms with Gasteiger partial charge in [-0.1, -0.05) is 17.7 Å². The van der Waals surface area contributed by atoms with Crippen molar-refractivity contribution in [3.05, 3.63) is 58.8 Å². The number of hydrogen-bond acceptors (Lipinski definition) is 6. The second kappa shape index (κ2) is 7.95. The molecule has 1 amide bonds. The maximum absolute atomic E-state index is 13.4. The summed E-state index contributed by atoms with van der Waals surface area (Å²) in [6.45, 7) is 8.22. The van der Waals surface area contributed by atoms with Gasteiger partial charge in [-0.3, -0.25) is 4.79 Å². The van der Waals surface area contributed by atoms with Crippen molar-refractivity contribution >= 4 is 38.6 Å². The van der Waals surface area contributed by atoms with E-state index < -0.39 is 21.9 Å². The molecule has 2 aromatic carbocycles. The Morgan fingerprint density at radius 3 is 2.37 bits per heavy atom. The van der Waals surface area contributed by atoms with E-state index in [0.717, 1.165) is 9.87 Å². The molecule has 1 aromatic heterocycles. The Morgan fingerprint density at radius 2 is 1.77 bits per heavy atom. The predicted molar refractivity (Wildman–Crippen MR) is 113 cm³/mol. The minimum absolute atomic E-state index is 0.0392. The van der Waals surface area contributed by atoms with E-state index in [4.69, 9.17) is 9.15 Å². The van der Waals surface area contributed by atoms with Gasteiger partial charge in [-0.2, -0.15) is 0 Å². The van der Waals surface area contributed by atoms with Crippen LogP contribution in [-0.2, 0) is 19.6 Å².